The first kappa shape index (κ1) is 12.9. The topological polar surface area (TPSA) is 56.7 Å². The van der Waals surface area contributed by atoms with Gasteiger partial charge >= 0.3 is 0 Å². The highest BCUT2D eigenvalue weighted by Crippen LogP contribution is 2.25. The molecule has 0 unspecified atom stereocenters. The van der Waals surface area contributed by atoms with Crippen LogP contribution >= 0.6 is 11.8 Å². The van der Waals surface area contributed by atoms with Crippen LogP contribution in [0.3, 0.4) is 0 Å². The maximum absolute atomic E-state index is 12.8. The van der Waals surface area contributed by atoms with Gasteiger partial charge in [-0.1, -0.05) is 23.9 Å². The zero-order chi connectivity index (χ0) is 13.1. The second kappa shape index (κ2) is 5.39. The number of thioether (sulfide) groups is 1. The molecule has 0 radical (unpaired) electrons. The van der Waals surface area contributed by atoms with Gasteiger partial charge in [-0.25, -0.2) is 4.39 Å². The highest BCUT2D eigenvalue weighted by Gasteiger charge is 2.12. The molecule has 1 heterocycles. The van der Waals surface area contributed by atoms with Crippen molar-refractivity contribution in [1.82, 2.24) is 14.8 Å². The predicted molar refractivity (Wildman–Crippen MR) is 70.8 cm³/mol. The molecule has 0 amide bonds. The third-order valence-corrected chi connectivity index (χ3v) is 3.50. The molecule has 0 saturated carbocycles. The minimum Gasteiger partial charge on any atom is -0.368 e. The van der Waals surface area contributed by atoms with E-state index in [-0.39, 0.29) is 11.9 Å². The van der Waals surface area contributed by atoms with Gasteiger partial charge in [0, 0.05) is 11.8 Å². The number of hydrogen-bond acceptors (Lipinski definition) is 4. The largest absolute Gasteiger partial charge is 0.368 e. The molecule has 0 saturated heterocycles. The first-order valence-electron chi connectivity index (χ1n) is 5.65. The fourth-order valence-electron chi connectivity index (χ4n) is 1.60. The summed E-state index contributed by atoms with van der Waals surface area (Å²) in [5.74, 6) is 0.912. The molecule has 2 aromatic rings. The second-order valence-electron chi connectivity index (χ2n) is 4.22. The third kappa shape index (κ3) is 2.81. The number of halogens is 1. The quantitative estimate of drug-likeness (QED) is 0.864. The maximum Gasteiger partial charge on any atom is 0.222 e. The van der Waals surface area contributed by atoms with Gasteiger partial charge in [0.05, 0.1) is 0 Å². The summed E-state index contributed by atoms with van der Waals surface area (Å²) in [5.41, 5.74) is 6.80. The SMILES string of the molecule is CC(C)n1c(N)nnc1SCc1ccc(F)cc1. The number of anilines is 1. The lowest BCUT2D eigenvalue weighted by atomic mass is 10.2. The van der Waals surface area contributed by atoms with E-state index in [0.29, 0.717) is 11.7 Å². The molecular weight excluding hydrogens is 251 g/mol. The molecule has 0 bridgehead atoms. The summed E-state index contributed by atoms with van der Waals surface area (Å²) >= 11 is 1.54. The first-order chi connectivity index (χ1) is 8.58. The van der Waals surface area contributed by atoms with E-state index in [1.807, 2.05) is 18.4 Å². The Bertz CT molecular complexity index is 521. The van der Waals surface area contributed by atoms with Crippen molar-refractivity contribution < 1.29 is 4.39 Å². The van der Waals surface area contributed by atoms with Crippen LogP contribution in [0.5, 0.6) is 0 Å². The van der Waals surface area contributed by atoms with Gasteiger partial charge in [0.1, 0.15) is 5.82 Å². The normalized spacial score (nSPS) is 11.1. The molecule has 18 heavy (non-hydrogen) atoms. The van der Waals surface area contributed by atoms with E-state index in [9.17, 15) is 4.39 Å². The third-order valence-electron chi connectivity index (χ3n) is 2.49. The Morgan fingerprint density at radius 2 is 1.94 bits per heavy atom. The van der Waals surface area contributed by atoms with Crippen molar-refractivity contribution >= 4 is 17.7 Å². The Morgan fingerprint density at radius 3 is 2.56 bits per heavy atom. The lowest BCUT2D eigenvalue weighted by molar-refractivity contribution is 0.557. The molecule has 1 aromatic heterocycles. The maximum atomic E-state index is 12.8. The van der Waals surface area contributed by atoms with Crippen LogP contribution in [0.15, 0.2) is 29.4 Å². The van der Waals surface area contributed by atoms with Crippen molar-refractivity contribution in [2.24, 2.45) is 0 Å². The molecule has 0 fully saturated rings. The van der Waals surface area contributed by atoms with Crippen LogP contribution in [-0.2, 0) is 5.75 Å². The Labute approximate surface area is 109 Å². The van der Waals surface area contributed by atoms with E-state index in [4.69, 9.17) is 5.73 Å². The molecule has 0 aliphatic rings. The molecule has 2 N–H and O–H groups in total. The lowest BCUT2D eigenvalue weighted by Gasteiger charge is -2.11. The van der Waals surface area contributed by atoms with Crippen LogP contribution < -0.4 is 5.73 Å². The summed E-state index contributed by atoms with van der Waals surface area (Å²) in [4.78, 5) is 0. The fourth-order valence-corrected chi connectivity index (χ4v) is 2.63. The molecule has 0 aliphatic heterocycles. The van der Waals surface area contributed by atoms with Gasteiger partial charge < -0.3 is 5.73 Å². The van der Waals surface area contributed by atoms with E-state index in [1.54, 1.807) is 23.9 Å². The number of benzene rings is 1. The summed E-state index contributed by atoms with van der Waals surface area (Å²) in [6.45, 7) is 4.06. The zero-order valence-electron chi connectivity index (χ0n) is 10.3. The molecular formula is C12H15FN4S. The van der Waals surface area contributed by atoms with Crippen molar-refractivity contribution in [2.75, 3.05) is 5.73 Å². The minimum atomic E-state index is -0.224. The van der Waals surface area contributed by atoms with Crippen molar-refractivity contribution in [3.8, 4) is 0 Å². The number of nitrogens with zero attached hydrogens (tertiary/aromatic N) is 3. The Kier molecular flexibility index (Phi) is 3.86. The molecule has 0 aliphatic carbocycles. The highest BCUT2D eigenvalue weighted by atomic mass is 32.2. The van der Waals surface area contributed by atoms with Crippen molar-refractivity contribution in [2.45, 2.75) is 30.8 Å². The summed E-state index contributed by atoms with van der Waals surface area (Å²) in [6, 6.07) is 6.66. The summed E-state index contributed by atoms with van der Waals surface area (Å²) < 4.78 is 14.7. The van der Waals surface area contributed by atoms with Crippen LogP contribution in [-0.4, -0.2) is 14.8 Å². The molecule has 6 heteroatoms. The van der Waals surface area contributed by atoms with Gasteiger partial charge in [0.25, 0.3) is 0 Å². The second-order valence-corrected chi connectivity index (χ2v) is 5.16. The molecule has 0 spiro atoms. The minimum absolute atomic E-state index is 0.218. The van der Waals surface area contributed by atoms with Crippen molar-refractivity contribution in [1.29, 1.82) is 0 Å². The van der Waals surface area contributed by atoms with Crippen LogP contribution in [0.1, 0.15) is 25.5 Å². The predicted octanol–water partition coefficient (Wildman–Crippen LogP) is 2.87. The van der Waals surface area contributed by atoms with Crippen LogP contribution in [0, 0.1) is 5.82 Å². The number of nitrogens with two attached hydrogens (primary N) is 1. The Morgan fingerprint density at radius 1 is 1.28 bits per heavy atom. The summed E-state index contributed by atoms with van der Waals surface area (Å²) in [5, 5.41) is 8.70. The molecule has 2 rings (SSSR count). The monoisotopic (exact) mass is 266 g/mol. The number of hydrogen-bond donors (Lipinski definition) is 1. The van der Waals surface area contributed by atoms with Gasteiger partial charge in [0.2, 0.25) is 5.95 Å². The van der Waals surface area contributed by atoms with Crippen LogP contribution in [0.4, 0.5) is 10.3 Å². The standard InChI is InChI=1S/C12H15FN4S/c1-8(2)17-11(14)15-16-12(17)18-7-9-3-5-10(13)6-4-9/h3-6,8H,7H2,1-2H3,(H2,14,15). The fraction of sp³-hybridized carbons (Fsp3) is 0.333. The van der Waals surface area contributed by atoms with Crippen LogP contribution in [0.25, 0.3) is 0 Å². The Hall–Kier alpha value is -1.56. The van der Waals surface area contributed by atoms with Crippen LogP contribution in [0.2, 0.25) is 0 Å². The molecule has 0 atom stereocenters. The Balaban J connectivity index is 2.08. The zero-order valence-corrected chi connectivity index (χ0v) is 11.1. The van der Waals surface area contributed by atoms with Crippen molar-refractivity contribution in [3.05, 3.63) is 35.6 Å². The molecule has 96 valence electrons. The average molecular weight is 266 g/mol. The van der Waals surface area contributed by atoms with Gasteiger partial charge in [-0.15, -0.1) is 10.2 Å². The van der Waals surface area contributed by atoms with Gasteiger partial charge in [-0.3, -0.25) is 4.57 Å². The van der Waals surface area contributed by atoms with Gasteiger partial charge in [-0.2, -0.15) is 0 Å². The number of nitrogen functional groups attached to an aromatic ring is 1. The lowest BCUT2D eigenvalue weighted by Crippen LogP contribution is -2.06. The van der Waals surface area contributed by atoms with E-state index >= 15 is 0 Å². The number of rotatable bonds is 4. The number of aromatic nitrogens is 3. The van der Waals surface area contributed by atoms with Gasteiger partial charge in [-0.05, 0) is 31.5 Å². The highest BCUT2D eigenvalue weighted by molar-refractivity contribution is 7.98. The van der Waals surface area contributed by atoms with E-state index in [0.717, 1.165) is 10.7 Å². The molecule has 4 nitrogen and oxygen atoms in total. The molecule has 1 aromatic carbocycles. The van der Waals surface area contributed by atoms with E-state index < -0.39 is 0 Å². The van der Waals surface area contributed by atoms with E-state index in [1.165, 1.54) is 12.1 Å². The summed E-state index contributed by atoms with van der Waals surface area (Å²) in [7, 11) is 0. The average Bonchev–Trinajstić information content (AvgIpc) is 2.70. The van der Waals surface area contributed by atoms with E-state index in [2.05, 4.69) is 10.2 Å². The van der Waals surface area contributed by atoms with Crippen molar-refractivity contribution in [3.63, 3.8) is 0 Å². The first-order valence-corrected chi connectivity index (χ1v) is 6.64. The summed E-state index contributed by atoms with van der Waals surface area (Å²) in [6.07, 6.45) is 0. The van der Waals surface area contributed by atoms with Gasteiger partial charge in [0.15, 0.2) is 5.16 Å². The smallest absolute Gasteiger partial charge is 0.222 e.